The van der Waals surface area contributed by atoms with Gasteiger partial charge in [-0.3, -0.25) is 9.36 Å². The normalized spacial score (nSPS) is 16.0. The number of benzene rings is 2. The third-order valence-corrected chi connectivity index (χ3v) is 7.10. The molecule has 0 spiro atoms. The Morgan fingerprint density at radius 1 is 1.22 bits per heavy atom. The third-order valence-electron chi connectivity index (χ3n) is 5.00. The second-order valence-electron chi connectivity index (χ2n) is 6.92. The summed E-state index contributed by atoms with van der Waals surface area (Å²) in [5.41, 5.74) is 7.74. The van der Waals surface area contributed by atoms with Crippen LogP contribution in [0.4, 0.5) is 0 Å². The van der Waals surface area contributed by atoms with Crippen LogP contribution in [0.1, 0.15) is 17.0 Å². The van der Waals surface area contributed by atoms with Crippen molar-refractivity contribution in [1.29, 1.82) is 5.26 Å². The van der Waals surface area contributed by atoms with Gasteiger partial charge in [0.2, 0.25) is 0 Å². The fraction of sp³-hybridized carbons (Fsp3) is 0.0870. The van der Waals surface area contributed by atoms with Crippen LogP contribution in [0.15, 0.2) is 67.8 Å². The summed E-state index contributed by atoms with van der Waals surface area (Å²) in [5, 5.41) is 9.93. The molecule has 4 rings (SSSR count). The van der Waals surface area contributed by atoms with Gasteiger partial charge in [-0.2, -0.15) is 5.26 Å². The molecule has 1 unspecified atom stereocenters. The number of nitrogens with zero attached hydrogens (tertiary/aromatic N) is 2. The number of nitriles is 1. The van der Waals surface area contributed by atoms with Crippen molar-refractivity contribution in [3.8, 4) is 6.07 Å². The molecule has 1 aliphatic heterocycles. The second kappa shape index (κ2) is 8.90. The van der Waals surface area contributed by atoms with Crippen LogP contribution in [0.25, 0.3) is 17.5 Å². The summed E-state index contributed by atoms with van der Waals surface area (Å²) in [4.78, 5) is 26.2. The molecule has 0 aliphatic carbocycles. The molecular weight excluding hydrogens is 558 g/mol. The smallest absolute Gasteiger partial charge is 0.337 e. The summed E-state index contributed by atoms with van der Waals surface area (Å²) >= 11 is 8.00. The monoisotopic (exact) mass is 571 g/mol. The highest BCUT2D eigenvalue weighted by Gasteiger charge is 2.36. The number of hydrogen-bond donors (Lipinski definition) is 1. The number of esters is 1. The van der Waals surface area contributed by atoms with Crippen molar-refractivity contribution in [2.24, 2.45) is 5.73 Å². The molecule has 2 heterocycles. The highest BCUT2D eigenvalue weighted by molar-refractivity contribution is 9.10. The lowest BCUT2D eigenvalue weighted by atomic mass is 9.84. The minimum absolute atomic E-state index is 0.00951. The average molecular weight is 573 g/mol. The van der Waals surface area contributed by atoms with Crippen molar-refractivity contribution in [2.75, 3.05) is 7.11 Å². The van der Waals surface area contributed by atoms with Gasteiger partial charge in [-0.25, -0.2) is 4.79 Å². The van der Waals surface area contributed by atoms with Crippen LogP contribution in [0.5, 0.6) is 0 Å². The summed E-state index contributed by atoms with van der Waals surface area (Å²) in [6.07, 6.45) is 1.73. The van der Waals surface area contributed by atoms with Gasteiger partial charge in [0, 0.05) is 8.95 Å². The van der Waals surface area contributed by atoms with Crippen LogP contribution in [0, 0.1) is 11.3 Å². The Morgan fingerprint density at radius 3 is 2.53 bits per heavy atom. The van der Waals surface area contributed by atoms with Crippen molar-refractivity contribution >= 4 is 66.6 Å². The largest absolute Gasteiger partial charge is 0.466 e. The van der Waals surface area contributed by atoms with E-state index in [-0.39, 0.29) is 17.0 Å². The SMILES string of the molecule is COC(=O)C1=c2s/c(=C/c3cccc(Br)c3)c(=O)n2C(N)=C(C#N)C1c1cccc(Br)c1. The first-order chi connectivity index (χ1) is 15.3. The van der Waals surface area contributed by atoms with Crippen molar-refractivity contribution in [3.05, 3.63) is 93.7 Å². The molecule has 0 saturated heterocycles. The molecule has 0 saturated carbocycles. The zero-order valence-corrected chi connectivity index (χ0v) is 20.6. The van der Waals surface area contributed by atoms with Crippen molar-refractivity contribution in [3.63, 3.8) is 0 Å². The molecule has 1 aliphatic rings. The van der Waals surface area contributed by atoms with Crippen molar-refractivity contribution in [1.82, 2.24) is 4.57 Å². The van der Waals surface area contributed by atoms with Gasteiger partial charge in [0.25, 0.3) is 5.56 Å². The van der Waals surface area contributed by atoms with E-state index < -0.39 is 17.4 Å². The summed E-state index contributed by atoms with van der Waals surface area (Å²) in [6, 6.07) is 16.9. The Kier molecular flexibility index (Phi) is 6.20. The summed E-state index contributed by atoms with van der Waals surface area (Å²) in [6.45, 7) is 0. The van der Waals surface area contributed by atoms with E-state index in [0.717, 1.165) is 25.8 Å². The third kappa shape index (κ3) is 3.86. The van der Waals surface area contributed by atoms with E-state index in [9.17, 15) is 14.9 Å². The quantitative estimate of drug-likeness (QED) is 0.486. The zero-order chi connectivity index (χ0) is 23.0. The molecule has 6 nitrogen and oxygen atoms in total. The van der Waals surface area contributed by atoms with Gasteiger partial charge in [0.05, 0.1) is 34.8 Å². The van der Waals surface area contributed by atoms with Crippen LogP contribution in [0.2, 0.25) is 0 Å². The number of ether oxygens (including phenoxy) is 1. The lowest BCUT2D eigenvalue weighted by Crippen LogP contribution is -2.40. The number of nitrogens with two attached hydrogens (primary N) is 1. The predicted octanol–water partition coefficient (Wildman–Crippen LogP) is 3.04. The molecule has 3 aromatic rings. The highest BCUT2D eigenvalue weighted by Crippen LogP contribution is 2.37. The molecule has 32 heavy (non-hydrogen) atoms. The maximum Gasteiger partial charge on any atom is 0.337 e. The van der Waals surface area contributed by atoms with E-state index in [1.54, 1.807) is 12.1 Å². The van der Waals surface area contributed by atoms with Crippen LogP contribution >= 0.6 is 43.2 Å². The van der Waals surface area contributed by atoms with Gasteiger partial charge in [0.1, 0.15) is 10.5 Å². The summed E-state index contributed by atoms with van der Waals surface area (Å²) < 4.78 is 8.68. The van der Waals surface area contributed by atoms with E-state index in [0.29, 0.717) is 14.8 Å². The predicted molar refractivity (Wildman–Crippen MR) is 131 cm³/mol. The van der Waals surface area contributed by atoms with Crippen molar-refractivity contribution in [2.45, 2.75) is 5.92 Å². The minimum Gasteiger partial charge on any atom is -0.466 e. The molecule has 2 N–H and O–H groups in total. The summed E-state index contributed by atoms with van der Waals surface area (Å²) in [7, 11) is 1.27. The minimum atomic E-state index is -0.762. The molecule has 2 aromatic carbocycles. The number of allylic oxidation sites excluding steroid dienone is 1. The van der Waals surface area contributed by atoms with E-state index >= 15 is 0 Å². The number of fused-ring (bicyclic) bond motifs is 1. The Morgan fingerprint density at radius 2 is 1.91 bits per heavy atom. The van der Waals surface area contributed by atoms with Gasteiger partial charge in [0.15, 0.2) is 0 Å². The fourth-order valence-electron chi connectivity index (χ4n) is 3.62. The Balaban J connectivity index is 2.11. The van der Waals surface area contributed by atoms with Gasteiger partial charge in [-0.05, 0) is 41.5 Å². The number of aromatic nitrogens is 1. The maximum atomic E-state index is 13.3. The molecule has 1 aromatic heterocycles. The number of halogens is 2. The zero-order valence-electron chi connectivity index (χ0n) is 16.6. The van der Waals surface area contributed by atoms with E-state index in [4.69, 9.17) is 10.5 Å². The van der Waals surface area contributed by atoms with Crippen LogP contribution in [-0.4, -0.2) is 17.6 Å². The van der Waals surface area contributed by atoms with Crippen LogP contribution < -0.4 is 20.5 Å². The molecule has 9 heteroatoms. The second-order valence-corrected chi connectivity index (χ2v) is 9.78. The van der Waals surface area contributed by atoms with Gasteiger partial charge in [-0.1, -0.05) is 56.1 Å². The maximum absolute atomic E-state index is 13.3. The first-order valence-electron chi connectivity index (χ1n) is 9.33. The lowest BCUT2D eigenvalue weighted by molar-refractivity contribution is -0.134. The molecule has 0 radical (unpaired) electrons. The molecular formula is C23H15Br2N3O3S. The molecule has 160 valence electrons. The fourth-order valence-corrected chi connectivity index (χ4v) is 5.62. The van der Waals surface area contributed by atoms with Crippen molar-refractivity contribution < 1.29 is 9.53 Å². The number of methoxy groups -OCH3 is 1. The number of carbonyl (C=O) groups excluding carboxylic acids is 1. The van der Waals surface area contributed by atoms with Gasteiger partial charge < -0.3 is 10.5 Å². The molecule has 0 bridgehead atoms. The molecule has 0 amide bonds. The standard InChI is InChI=1S/C23H15Br2N3O3S/c1-31-23(30)19-18(13-5-3-7-15(25)10-13)16(11-26)20(27)28-21(29)17(32-22(19)28)9-12-4-2-6-14(24)8-12/h2-10,18H,27H2,1H3/b17-9+. The van der Waals surface area contributed by atoms with E-state index in [1.165, 1.54) is 11.7 Å². The first kappa shape index (κ1) is 22.3. The van der Waals surface area contributed by atoms with Crippen LogP contribution in [0.3, 0.4) is 0 Å². The number of carbonyl (C=O) groups is 1. The number of rotatable bonds is 3. The average Bonchev–Trinajstić information content (AvgIpc) is 3.09. The molecule has 1 atom stereocenters. The van der Waals surface area contributed by atoms with E-state index in [1.807, 2.05) is 42.5 Å². The first-order valence-corrected chi connectivity index (χ1v) is 11.7. The Hall–Kier alpha value is -2.93. The van der Waals surface area contributed by atoms with Crippen LogP contribution in [-0.2, 0) is 9.53 Å². The Labute approximate surface area is 203 Å². The van der Waals surface area contributed by atoms with Gasteiger partial charge in [-0.15, -0.1) is 11.3 Å². The van der Waals surface area contributed by atoms with E-state index in [2.05, 4.69) is 37.9 Å². The Bertz CT molecular complexity index is 1510. The lowest BCUT2D eigenvalue weighted by Gasteiger charge is -2.24. The summed E-state index contributed by atoms with van der Waals surface area (Å²) in [5.74, 6) is -1.38. The number of hydrogen-bond acceptors (Lipinski definition) is 6. The molecule has 0 fully saturated rings. The highest BCUT2D eigenvalue weighted by atomic mass is 79.9. The van der Waals surface area contributed by atoms with Gasteiger partial charge >= 0.3 is 5.97 Å². The topological polar surface area (TPSA) is 98.1 Å². The number of thiazole rings is 1.